The summed E-state index contributed by atoms with van der Waals surface area (Å²) in [6.07, 6.45) is 9.47. The third-order valence-electron chi connectivity index (χ3n) is 5.94. The lowest BCUT2D eigenvalue weighted by atomic mass is 10.2. The van der Waals surface area contributed by atoms with Crippen LogP contribution in [0.5, 0.6) is 0 Å². The van der Waals surface area contributed by atoms with E-state index in [-0.39, 0.29) is 18.2 Å². The van der Waals surface area contributed by atoms with Gasteiger partial charge in [-0.1, -0.05) is 12.2 Å². The summed E-state index contributed by atoms with van der Waals surface area (Å²) < 4.78 is 1.98. The molecule has 2 unspecified atom stereocenters. The fraction of sp³-hybridized carbons (Fsp3) is 0.440. The maximum Gasteiger partial charge on any atom is 0.275 e. The predicted molar refractivity (Wildman–Crippen MR) is 145 cm³/mol. The minimum Gasteiger partial charge on any atom is -0.395 e. The number of nitrogens with one attached hydrogen (secondary N) is 2. The monoisotopic (exact) mass is 556 g/mol. The van der Waals surface area contributed by atoms with Crippen LogP contribution in [-0.4, -0.2) is 74.8 Å². The van der Waals surface area contributed by atoms with E-state index in [1.807, 2.05) is 13.8 Å². The second-order valence-electron chi connectivity index (χ2n) is 8.51. The van der Waals surface area contributed by atoms with Crippen LogP contribution >= 0.6 is 15.9 Å². The van der Waals surface area contributed by atoms with Gasteiger partial charge in [0.2, 0.25) is 5.95 Å². The molecule has 11 heteroatoms. The smallest absolute Gasteiger partial charge is 0.275 e. The first kappa shape index (κ1) is 27.4. The van der Waals surface area contributed by atoms with E-state index in [1.165, 1.54) is 4.57 Å². The summed E-state index contributed by atoms with van der Waals surface area (Å²) >= 11 is 3.44. The van der Waals surface area contributed by atoms with Crippen LogP contribution in [0.1, 0.15) is 26.8 Å². The van der Waals surface area contributed by atoms with Crippen molar-refractivity contribution < 1.29 is 5.11 Å². The summed E-state index contributed by atoms with van der Waals surface area (Å²) in [7, 11) is 0. The maximum absolute atomic E-state index is 12.7. The Balaban J connectivity index is 1.66. The number of nitrogens with zero attached hydrogens (tertiary/aromatic N) is 6. The Kier molecular flexibility index (Phi) is 10.0. The minimum absolute atomic E-state index is 0.0462. The van der Waals surface area contributed by atoms with E-state index in [0.717, 1.165) is 38.4 Å². The van der Waals surface area contributed by atoms with Crippen LogP contribution in [0.2, 0.25) is 0 Å². The van der Waals surface area contributed by atoms with Gasteiger partial charge in [0.25, 0.3) is 5.56 Å². The van der Waals surface area contributed by atoms with Gasteiger partial charge in [0.05, 0.1) is 17.1 Å². The topological polar surface area (TPSA) is 122 Å². The number of aromatic nitrogens is 3. The summed E-state index contributed by atoms with van der Waals surface area (Å²) in [5, 5.41) is 24.6. The van der Waals surface area contributed by atoms with Crippen LogP contribution in [0, 0.1) is 11.3 Å². The third kappa shape index (κ3) is 7.16. The number of piperazine rings is 1. The number of allylic oxidation sites excluding steroid dienone is 2. The van der Waals surface area contributed by atoms with E-state index in [2.05, 4.69) is 70.6 Å². The molecular weight excluding hydrogens is 524 g/mol. The second-order valence-corrected chi connectivity index (χ2v) is 9.37. The molecule has 10 nitrogen and oxygen atoms in total. The number of nitriles is 1. The highest BCUT2D eigenvalue weighted by molar-refractivity contribution is 9.10. The Hall–Kier alpha value is -3.20. The Morgan fingerprint density at radius 1 is 1.33 bits per heavy atom. The number of hydrogen-bond donors (Lipinski definition) is 3. The fourth-order valence-electron chi connectivity index (χ4n) is 3.87. The third-order valence-corrected chi connectivity index (χ3v) is 6.52. The molecule has 3 heterocycles. The standard InChI is InChI=1S/C25H33BrN8O2/c1-4-20(33-12-10-32(11-13-33)14-15-35)8-7-18(2)29-25-28-17-21(26)23(31-25)30-22-6-5-9-34(24(22)36)19(3)16-27/h4-9,17-19,35H,10-15H2,1-3H3,(H2,28,29,30,31)/b8-7-,20-4+. The van der Waals surface area contributed by atoms with Gasteiger partial charge >= 0.3 is 0 Å². The Morgan fingerprint density at radius 3 is 2.75 bits per heavy atom. The zero-order valence-corrected chi connectivity index (χ0v) is 22.4. The molecule has 2 aromatic rings. The number of hydrogen-bond acceptors (Lipinski definition) is 9. The Labute approximate surface area is 220 Å². The number of rotatable bonds is 10. The van der Waals surface area contributed by atoms with Crippen LogP contribution < -0.4 is 16.2 Å². The van der Waals surface area contributed by atoms with Gasteiger partial charge in [0.1, 0.15) is 11.7 Å². The first-order valence-electron chi connectivity index (χ1n) is 12.0. The lowest BCUT2D eigenvalue weighted by molar-refractivity contribution is 0.133. The molecule has 0 spiro atoms. The number of aliphatic hydroxyl groups excluding tert-OH is 1. The van der Waals surface area contributed by atoms with Crippen molar-refractivity contribution in [2.75, 3.05) is 50.0 Å². The molecule has 0 saturated carbocycles. The first-order valence-corrected chi connectivity index (χ1v) is 12.7. The zero-order chi connectivity index (χ0) is 26.1. The second kappa shape index (κ2) is 13.2. The molecular formula is C25H33BrN8O2. The lowest BCUT2D eigenvalue weighted by Gasteiger charge is -2.36. The van der Waals surface area contributed by atoms with Gasteiger partial charge in [-0.05, 0) is 54.9 Å². The van der Waals surface area contributed by atoms with Gasteiger partial charge in [-0.3, -0.25) is 14.3 Å². The average molecular weight is 557 g/mol. The Morgan fingerprint density at radius 2 is 2.08 bits per heavy atom. The van der Waals surface area contributed by atoms with Gasteiger partial charge in [-0.25, -0.2) is 4.98 Å². The molecule has 36 heavy (non-hydrogen) atoms. The number of β-amino-alcohol motifs (C(OH)–C–C–N with tert-alkyl or cyclic N) is 1. The number of pyridine rings is 1. The molecule has 192 valence electrons. The van der Waals surface area contributed by atoms with Crippen molar-refractivity contribution in [3.63, 3.8) is 0 Å². The lowest BCUT2D eigenvalue weighted by Crippen LogP contribution is -2.46. The summed E-state index contributed by atoms with van der Waals surface area (Å²) in [6, 6.07) is 4.81. The van der Waals surface area contributed by atoms with Crippen molar-refractivity contribution in [1.29, 1.82) is 5.26 Å². The number of anilines is 3. The molecule has 2 atom stereocenters. The molecule has 1 saturated heterocycles. The van der Waals surface area contributed by atoms with E-state index in [9.17, 15) is 4.79 Å². The normalized spacial score (nSPS) is 16.6. The molecule has 3 N–H and O–H groups in total. The average Bonchev–Trinajstić information content (AvgIpc) is 2.88. The van der Waals surface area contributed by atoms with Crippen LogP contribution in [0.15, 0.2) is 57.7 Å². The summed E-state index contributed by atoms with van der Waals surface area (Å²) in [5.74, 6) is 0.858. The highest BCUT2D eigenvalue weighted by Crippen LogP contribution is 2.23. The van der Waals surface area contributed by atoms with Crippen molar-refractivity contribution in [3.8, 4) is 6.07 Å². The molecule has 0 aromatic carbocycles. The molecule has 0 amide bonds. The van der Waals surface area contributed by atoms with Crippen molar-refractivity contribution >= 4 is 33.4 Å². The van der Waals surface area contributed by atoms with E-state index in [1.54, 1.807) is 31.5 Å². The number of halogens is 1. The summed E-state index contributed by atoms with van der Waals surface area (Å²) in [6.45, 7) is 10.3. The number of aliphatic hydroxyl groups is 1. The van der Waals surface area contributed by atoms with Crippen molar-refractivity contribution in [2.45, 2.75) is 32.9 Å². The highest BCUT2D eigenvalue weighted by Gasteiger charge is 2.17. The first-order chi connectivity index (χ1) is 17.4. The van der Waals surface area contributed by atoms with E-state index < -0.39 is 6.04 Å². The molecule has 1 aliphatic rings. The molecule has 0 radical (unpaired) electrons. The van der Waals surface area contributed by atoms with Gasteiger partial charge < -0.3 is 20.6 Å². The Bertz CT molecular complexity index is 1180. The maximum atomic E-state index is 12.7. The highest BCUT2D eigenvalue weighted by atomic mass is 79.9. The van der Waals surface area contributed by atoms with Crippen molar-refractivity contribution in [3.05, 3.63) is 63.3 Å². The molecule has 0 aliphatic carbocycles. The molecule has 1 fully saturated rings. The quantitative estimate of drug-likeness (QED) is 0.379. The van der Waals surface area contributed by atoms with Gasteiger partial charge in [0, 0.05) is 56.9 Å². The fourth-order valence-corrected chi connectivity index (χ4v) is 4.16. The molecule has 2 aromatic heterocycles. The largest absolute Gasteiger partial charge is 0.395 e. The van der Waals surface area contributed by atoms with Crippen LogP contribution in [-0.2, 0) is 0 Å². The SMILES string of the molecule is C/C=C(\C=C/C(C)Nc1ncc(Br)c(Nc2cccn(C(C)C#N)c2=O)n1)N1CCN(CCO)CC1. The van der Waals surface area contributed by atoms with Gasteiger partial charge in [0.15, 0.2) is 5.82 Å². The van der Waals surface area contributed by atoms with E-state index in [4.69, 9.17) is 10.4 Å². The summed E-state index contributed by atoms with van der Waals surface area (Å²) in [4.78, 5) is 26.2. The van der Waals surface area contributed by atoms with Crippen molar-refractivity contribution in [2.24, 2.45) is 0 Å². The molecule has 1 aliphatic heterocycles. The van der Waals surface area contributed by atoms with Crippen LogP contribution in [0.3, 0.4) is 0 Å². The van der Waals surface area contributed by atoms with Crippen LogP contribution in [0.4, 0.5) is 17.5 Å². The predicted octanol–water partition coefficient (Wildman–Crippen LogP) is 3.10. The van der Waals surface area contributed by atoms with Gasteiger partial charge in [-0.2, -0.15) is 10.2 Å². The van der Waals surface area contributed by atoms with E-state index >= 15 is 0 Å². The van der Waals surface area contributed by atoms with Crippen LogP contribution in [0.25, 0.3) is 0 Å². The molecule has 0 bridgehead atoms. The van der Waals surface area contributed by atoms with Crippen molar-refractivity contribution in [1.82, 2.24) is 24.3 Å². The minimum atomic E-state index is -0.579. The van der Waals surface area contributed by atoms with E-state index in [0.29, 0.717) is 21.9 Å². The zero-order valence-electron chi connectivity index (χ0n) is 20.9. The molecule has 3 rings (SSSR count). The summed E-state index contributed by atoms with van der Waals surface area (Å²) in [5.41, 5.74) is 1.16. The van der Waals surface area contributed by atoms with Gasteiger partial charge in [-0.15, -0.1) is 0 Å².